The smallest absolute Gasteiger partial charge is 0.324 e. The monoisotopic (exact) mass is 298 g/mol. The van der Waals surface area contributed by atoms with Crippen molar-refractivity contribution in [2.24, 2.45) is 0 Å². The molecule has 0 rings (SSSR count). The second-order valence-corrected chi connectivity index (χ2v) is 5.72. The van der Waals surface area contributed by atoms with Gasteiger partial charge in [0.15, 0.2) is 8.46 Å². The second kappa shape index (κ2) is 9.44. The van der Waals surface area contributed by atoms with Gasteiger partial charge < -0.3 is 19.4 Å². The molecule has 0 saturated heterocycles. The van der Waals surface area contributed by atoms with Gasteiger partial charge in [-0.15, -0.1) is 0 Å². The quantitative estimate of drug-likeness (QED) is 0.383. The lowest BCUT2D eigenvalue weighted by atomic mass is 10.4. The van der Waals surface area contributed by atoms with Gasteiger partial charge >= 0.3 is 7.60 Å². The van der Waals surface area contributed by atoms with Gasteiger partial charge in [-0.05, 0) is 0 Å². The summed E-state index contributed by atoms with van der Waals surface area (Å²) in [5.74, 6) is 0. The van der Waals surface area contributed by atoms with E-state index < -0.39 is 13.9 Å². The molecule has 0 unspecified atom stereocenters. The highest BCUT2D eigenvalue weighted by atomic mass is 31.2. The number of rotatable bonds is 11. The van der Waals surface area contributed by atoms with Crippen LogP contribution >= 0.6 is 16.1 Å². The van der Waals surface area contributed by atoms with E-state index in [0.29, 0.717) is 12.6 Å². The topological polar surface area (TPSA) is 115 Å². The maximum atomic E-state index is 10.8. The van der Waals surface area contributed by atoms with Crippen molar-refractivity contribution in [2.75, 3.05) is 38.8 Å². The summed E-state index contributed by atoms with van der Waals surface area (Å²) in [7, 11) is -4.46. The fourth-order valence-corrected chi connectivity index (χ4v) is 2.60. The lowest BCUT2D eigenvalue weighted by Crippen LogP contribution is -2.37. The van der Waals surface area contributed by atoms with Crippen LogP contribution in [0.25, 0.3) is 0 Å². The van der Waals surface area contributed by atoms with Gasteiger partial charge in [-0.25, -0.2) is 0 Å². The van der Waals surface area contributed by atoms with Crippen molar-refractivity contribution in [3.05, 3.63) is 0 Å². The van der Waals surface area contributed by atoms with Crippen molar-refractivity contribution < 1.29 is 28.5 Å². The summed E-state index contributed by atoms with van der Waals surface area (Å²) in [6, 6.07) is 0. The third kappa shape index (κ3) is 9.53. The lowest BCUT2D eigenvalue weighted by Gasteiger charge is -2.23. The molecular formula is C8H16N2O6P2. The van der Waals surface area contributed by atoms with Gasteiger partial charge in [-0.2, -0.15) is 0 Å². The van der Waals surface area contributed by atoms with Crippen LogP contribution < -0.4 is 0 Å². The fraction of sp³-hybridized carbons (Fsp3) is 0.750. The average Bonchev–Trinajstić information content (AvgIpc) is 2.24. The molecule has 0 amide bonds. The standard InChI is InChI=1S/C8H16N2O6P2/c11-5-3-9(4-6-12)1-2-10(7-17-13)8-18(14,15)16/h5-6H,1-4,7-8H2,(H2,14,15,16). The lowest BCUT2D eigenvalue weighted by molar-refractivity contribution is -0.111. The predicted octanol–water partition coefficient (Wildman–Crippen LogP) is -0.627. The number of carbonyl (C=O) groups excluding carboxylic acids is 2. The van der Waals surface area contributed by atoms with E-state index >= 15 is 0 Å². The van der Waals surface area contributed by atoms with Gasteiger partial charge in [-0.1, -0.05) is 0 Å². The molecule has 2 N–H and O–H groups in total. The average molecular weight is 298 g/mol. The Morgan fingerprint density at radius 3 is 1.94 bits per heavy atom. The minimum absolute atomic E-state index is 0.0128. The zero-order chi connectivity index (χ0) is 14.0. The number of carbonyl (C=O) groups is 2. The van der Waals surface area contributed by atoms with E-state index in [2.05, 4.69) is 0 Å². The predicted molar refractivity (Wildman–Crippen MR) is 64.7 cm³/mol. The van der Waals surface area contributed by atoms with Crippen LogP contribution in [0.5, 0.6) is 0 Å². The summed E-state index contributed by atoms with van der Waals surface area (Å²) < 4.78 is 21.3. The Kier molecular flexibility index (Phi) is 9.18. The molecule has 0 aromatic carbocycles. The van der Waals surface area contributed by atoms with E-state index in [9.17, 15) is 18.7 Å². The van der Waals surface area contributed by atoms with Gasteiger partial charge in [0.1, 0.15) is 18.9 Å². The number of hydrogen-bond donors (Lipinski definition) is 2. The van der Waals surface area contributed by atoms with Crippen molar-refractivity contribution in [1.29, 1.82) is 0 Å². The third-order valence-corrected chi connectivity index (χ3v) is 3.32. The van der Waals surface area contributed by atoms with Gasteiger partial charge in [0.05, 0.1) is 19.4 Å². The largest absolute Gasteiger partial charge is 0.339 e. The molecule has 0 bridgehead atoms. The summed E-state index contributed by atoms with van der Waals surface area (Å²) in [6.45, 7) is 0.629. The van der Waals surface area contributed by atoms with Crippen LogP contribution in [-0.4, -0.2) is 70.9 Å². The van der Waals surface area contributed by atoms with E-state index in [1.165, 1.54) is 9.80 Å². The first-order valence-electron chi connectivity index (χ1n) is 5.08. The minimum atomic E-state index is -4.22. The maximum Gasteiger partial charge on any atom is 0.339 e. The van der Waals surface area contributed by atoms with Crippen molar-refractivity contribution in [3.63, 3.8) is 0 Å². The molecule has 10 heteroatoms. The van der Waals surface area contributed by atoms with Crippen LogP contribution in [0.3, 0.4) is 0 Å². The first-order chi connectivity index (χ1) is 8.42. The molecule has 0 heterocycles. The van der Waals surface area contributed by atoms with E-state index in [4.69, 9.17) is 9.79 Å². The molecule has 104 valence electrons. The van der Waals surface area contributed by atoms with E-state index in [1.807, 2.05) is 0 Å². The molecule has 0 fully saturated rings. The summed E-state index contributed by atoms with van der Waals surface area (Å²) in [6.07, 6.45) is 0.769. The molecule has 0 radical (unpaired) electrons. The summed E-state index contributed by atoms with van der Waals surface area (Å²) in [5.41, 5.74) is 0. The first kappa shape index (κ1) is 17.5. The Bertz CT molecular complexity index is 311. The van der Waals surface area contributed by atoms with E-state index in [1.54, 1.807) is 0 Å². The Morgan fingerprint density at radius 1 is 1.06 bits per heavy atom. The minimum Gasteiger partial charge on any atom is -0.324 e. The first-order valence-corrected chi connectivity index (χ1v) is 7.88. The zero-order valence-corrected chi connectivity index (χ0v) is 11.5. The molecule has 0 spiro atoms. The zero-order valence-electron chi connectivity index (χ0n) is 9.71. The highest BCUT2D eigenvalue weighted by Gasteiger charge is 2.19. The van der Waals surface area contributed by atoms with Crippen molar-refractivity contribution >= 4 is 28.6 Å². The van der Waals surface area contributed by atoms with E-state index in [-0.39, 0.29) is 40.9 Å². The molecule has 0 saturated carbocycles. The summed E-state index contributed by atoms with van der Waals surface area (Å²) in [4.78, 5) is 41.2. The Labute approximate surface area is 106 Å². The molecule has 8 nitrogen and oxygen atoms in total. The summed E-state index contributed by atoms with van der Waals surface area (Å²) in [5, 5.41) is 0. The molecule has 0 atom stereocenters. The van der Waals surface area contributed by atoms with Gasteiger partial charge in [-0.3, -0.25) is 18.9 Å². The Balaban J connectivity index is 4.29. The Hall–Kier alpha value is -0.490. The van der Waals surface area contributed by atoms with Crippen LogP contribution in [0, 0.1) is 0 Å². The maximum absolute atomic E-state index is 10.8. The van der Waals surface area contributed by atoms with Crippen LogP contribution in [0.4, 0.5) is 0 Å². The molecule has 0 aromatic heterocycles. The van der Waals surface area contributed by atoms with Crippen LogP contribution in [-0.2, 0) is 18.7 Å². The van der Waals surface area contributed by atoms with Gasteiger partial charge in [0, 0.05) is 13.1 Å². The number of hydrogen-bond acceptors (Lipinski definition) is 6. The van der Waals surface area contributed by atoms with Crippen LogP contribution in [0.1, 0.15) is 0 Å². The Morgan fingerprint density at radius 2 is 1.56 bits per heavy atom. The second-order valence-electron chi connectivity index (χ2n) is 3.56. The highest BCUT2D eigenvalue weighted by molar-refractivity contribution is 7.51. The van der Waals surface area contributed by atoms with Gasteiger partial charge in [0.2, 0.25) is 0 Å². The van der Waals surface area contributed by atoms with Crippen LogP contribution in [0.15, 0.2) is 0 Å². The molecule has 0 aliphatic carbocycles. The van der Waals surface area contributed by atoms with Crippen LogP contribution in [0.2, 0.25) is 0 Å². The molecular weight excluding hydrogens is 282 g/mol. The van der Waals surface area contributed by atoms with Crippen molar-refractivity contribution in [1.82, 2.24) is 9.80 Å². The van der Waals surface area contributed by atoms with Crippen molar-refractivity contribution in [3.8, 4) is 0 Å². The van der Waals surface area contributed by atoms with E-state index in [0.717, 1.165) is 0 Å². The fourth-order valence-electron chi connectivity index (χ4n) is 1.28. The number of nitrogens with zero attached hydrogens (tertiary/aromatic N) is 2. The molecule has 0 aromatic rings. The SMILES string of the molecule is O=CCN(CC=O)CCN(CP=O)CP(=O)(O)O. The summed E-state index contributed by atoms with van der Waals surface area (Å²) >= 11 is 0. The molecule has 0 aliphatic heterocycles. The third-order valence-electron chi connectivity index (χ3n) is 2.04. The van der Waals surface area contributed by atoms with Gasteiger partial charge in [0.25, 0.3) is 0 Å². The highest BCUT2D eigenvalue weighted by Crippen LogP contribution is 2.35. The van der Waals surface area contributed by atoms with Crippen molar-refractivity contribution in [2.45, 2.75) is 0 Å². The molecule has 18 heavy (non-hydrogen) atoms. The number of aldehydes is 2. The molecule has 0 aliphatic rings. The normalized spacial score (nSPS) is 12.2.